The molecule has 0 aliphatic carbocycles. The standard InChI is InChI=1S/C13H7Cl2F2N3/c14-6-1-2-10-11(3-6)20(13(18)19-10)12-8(15)4-7(16)5-9(12)17/h1-5H,(H2,18,19). The van der Waals surface area contributed by atoms with E-state index in [0.717, 1.165) is 12.1 Å². The quantitative estimate of drug-likeness (QED) is 0.732. The summed E-state index contributed by atoms with van der Waals surface area (Å²) in [5.74, 6) is -1.56. The molecular weight excluding hydrogens is 307 g/mol. The normalized spacial score (nSPS) is 11.2. The largest absolute Gasteiger partial charge is 0.369 e. The van der Waals surface area contributed by atoms with Crippen molar-refractivity contribution in [1.29, 1.82) is 0 Å². The second-order valence-electron chi connectivity index (χ2n) is 4.16. The van der Waals surface area contributed by atoms with E-state index in [2.05, 4.69) is 4.98 Å². The van der Waals surface area contributed by atoms with E-state index in [1.165, 1.54) is 4.57 Å². The molecular formula is C13H7Cl2F2N3. The van der Waals surface area contributed by atoms with Gasteiger partial charge in [0.2, 0.25) is 5.95 Å². The van der Waals surface area contributed by atoms with Crippen molar-refractivity contribution in [3.63, 3.8) is 0 Å². The van der Waals surface area contributed by atoms with Gasteiger partial charge in [0.05, 0.1) is 16.1 Å². The molecule has 0 spiro atoms. The fourth-order valence-corrected chi connectivity index (χ4v) is 2.50. The zero-order valence-corrected chi connectivity index (χ0v) is 11.4. The third-order valence-corrected chi connectivity index (χ3v) is 3.37. The average Bonchev–Trinajstić information content (AvgIpc) is 2.65. The Hall–Kier alpha value is -1.85. The molecule has 102 valence electrons. The highest BCUT2D eigenvalue weighted by atomic mass is 35.5. The highest BCUT2D eigenvalue weighted by molar-refractivity contribution is 6.32. The molecule has 0 saturated heterocycles. The molecule has 0 aliphatic heterocycles. The van der Waals surface area contributed by atoms with Gasteiger partial charge in [-0.25, -0.2) is 13.8 Å². The lowest BCUT2D eigenvalue weighted by atomic mass is 10.2. The molecule has 0 amide bonds. The number of nitrogens with zero attached hydrogens (tertiary/aromatic N) is 2. The van der Waals surface area contributed by atoms with Crippen molar-refractivity contribution < 1.29 is 8.78 Å². The first-order valence-corrected chi connectivity index (χ1v) is 6.31. The van der Waals surface area contributed by atoms with E-state index in [1.807, 2.05) is 0 Å². The van der Waals surface area contributed by atoms with Crippen LogP contribution in [-0.2, 0) is 0 Å². The number of fused-ring (bicyclic) bond motifs is 1. The molecule has 7 heteroatoms. The minimum absolute atomic E-state index is 0.0367. The van der Waals surface area contributed by atoms with E-state index < -0.39 is 11.6 Å². The van der Waals surface area contributed by atoms with Crippen LogP contribution in [0.25, 0.3) is 16.7 Å². The molecule has 1 aromatic heterocycles. The van der Waals surface area contributed by atoms with Crippen molar-refractivity contribution in [1.82, 2.24) is 9.55 Å². The first kappa shape index (κ1) is 13.1. The van der Waals surface area contributed by atoms with Gasteiger partial charge in [-0.05, 0) is 24.3 Å². The van der Waals surface area contributed by atoms with Crippen LogP contribution >= 0.6 is 23.2 Å². The van der Waals surface area contributed by atoms with Crippen molar-refractivity contribution in [3.05, 3.63) is 52.0 Å². The molecule has 0 fully saturated rings. The van der Waals surface area contributed by atoms with E-state index >= 15 is 0 Å². The number of rotatable bonds is 1. The van der Waals surface area contributed by atoms with Crippen LogP contribution in [0, 0.1) is 11.6 Å². The maximum atomic E-state index is 14.0. The molecule has 0 saturated carbocycles. The summed E-state index contributed by atoms with van der Waals surface area (Å²) in [5, 5.41) is 0.339. The van der Waals surface area contributed by atoms with Gasteiger partial charge >= 0.3 is 0 Å². The number of anilines is 1. The molecule has 3 rings (SSSR count). The van der Waals surface area contributed by atoms with E-state index in [-0.39, 0.29) is 16.7 Å². The molecule has 3 aromatic rings. The Morgan fingerprint density at radius 2 is 1.85 bits per heavy atom. The van der Waals surface area contributed by atoms with Gasteiger partial charge in [0, 0.05) is 11.1 Å². The summed E-state index contributed by atoms with van der Waals surface area (Å²) in [5.41, 5.74) is 6.76. The van der Waals surface area contributed by atoms with Gasteiger partial charge in [-0.3, -0.25) is 4.57 Å². The molecule has 2 N–H and O–H groups in total. The van der Waals surface area contributed by atoms with Gasteiger partial charge in [0.15, 0.2) is 5.82 Å². The molecule has 2 aromatic carbocycles. The number of nitrogen functional groups attached to an aromatic ring is 1. The van der Waals surface area contributed by atoms with Gasteiger partial charge in [-0.2, -0.15) is 0 Å². The molecule has 0 aliphatic rings. The lowest BCUT2D eigenvalue weighted by Crippen LogP contribution is -2.04. The van der Waals surface area contributed by atoms with Crippen molar-refractivity contribution in [3.8, 4) is 5.69 Å². The molecule has 0 atom stereocenters. The summed E-state index contributed by atoms with van der Waals surface area (Å²) < 4.78 is 28.5. The van der Waals surface area contributed by atoms with E-state index in [4.69, 9.17) is 28.9 Å². The van der Waals surface area contributed by atoms with Crippen LogP contribution in [0.15, 0.2) is 30.3 Å². The van der Waals surface area contributed by atoms with Crippen molar-refractivity contribution in [2.75, 3.05) is 5.73 Å². The molecule has 3 nitrogen and oxygen atoms in total. The predicted molar refractivity (Wildman–Crippen MR) is 75.4 cm³/mol. The predicted octanol–water partition coefficient (Wildman–Crippen LogP) is 4.19. The van der Waals surface area contributed by atoms with Crippen LogP contribution < -0.4 is 5.73 Å². The van der Waals surface area contributed by atoms with Crippen LogP contribution in [0.4, 0.5) is 14.7 Å². The third kappa shape index (κ3) is 1.99. The van der Waals surface area contributed by atoms with Gasteiger partial charge in [-0.15, -0.1) is 0 Å². The summed E-state index contributed by atoms with van der Waals surface area (Å²) in [6.45, 7) is 0. The minimum Gasteiger partial charge on any atom is -0.369 e. The van der Waals surface area contributed by atoms with Crippen molar-refractivity contribution in [2.45, 2.75) is 0 Å². The number of benzene rings is 2. The molecule has 20 heavy (non-hydrogen) atoms. The number of nitrogens with two attached hydrogens (primary N) is 1. The molecule has 0 bridgehead atoms. The fraction of sp³-hybridized carbons (Fsp3) is 0. The zero-order valence-electron chi connectivity index (χ0n) is 9.87. The number of hydrogen-bond acceptors (Lipinski definition) is 2. The third-order valence-electron chi connectivity index (χ3n) is 2.85. The maximum absolute atomic E-state index is 14.0. The highest BCUT2D eigenvalue weighted by Crippen LogP contribution is 2.31. The molecule has 0 radical (unpaired) electrons. The number of hydrogen-bond donors (Lipinski definition) is 1. The summed E-state index contributed by atoms with van der Waals surface area (Å²) in [4.78, 5) is 4.10. The lowest BCUT2D eigenvalue weighted by Gasteiger charge is -2.10. The van der Waals surface area contributed by atoms with Gasteiger partial charge in [-0.1, -0.05) is 23.2 Å². The van der Waals surface area contributed by atoms with E-state index in [1.54, 1.807) is 18.2 Å². The highest BCUT2D eigenvalue weighted by Gasteiger charge is 2.18. The SMILES string of the molecule is Nc1nc2ccc(Cl)cc2n1-c1c(F)cc(F)cc1Cl. The topological polar surface area (TPSA) is 43.8 Å². The molecule has 1 heterocycles. The smallest absolute Gasteiger partial charge is 0.206 e. The lowest BCUT2D eigenvalue weighted by molar-refractivity contribution is 0.579. The van der Waals surface area contributed by atoms with Crippen LogP contribution in [0.1, 0.15) is 0 Å². The summed E-state index contributed by atoms with van der Waals surface area (Å²) in [6.07, 6.45) is 0. The van der Waals surface area contributed by atoms with E-state index in [0.29, 0.717) is 16.1 Å². The summed E-state index contributed by atoms with van der Waals surface area (Å²) in [6, 6.07) is 6.62. The number of halogens is 4. The van der Waals surface area contributed by atoms with Crippen LogP contribution in [0.3, 0.4) is 0 Å². The number of imidazole rings is 1. The molecule has 0 unspecified atom stereocenters. The average molecular weight is 314 g/mol. The monoisotopic (exact) mass is 313 g/mol. The Morgan fingerprint density at radius 1 is 1.10 bits per heavy atom. The Bertz CT molecular complexity index is 807. The van der Waals surface area contributed by atoms with Gasteiger partial charge in [0.1, 0.15) is 11.5 Å². The maximum Gasteiger partial charge on any atom is 0.206 e. The minimum atomic E-state index is -0.832. The Balaban J connectivity index is 2.40. The Kier molecular flexibility index (Phi) is 3.03. The fourth-order valence-electron chi connectivity index (χ4n) is 2.05. The van der Waals surface area contributed by atoms with Gasteiger partial charge in [0.25, 0.3) is 0 Å². The Labute approximate surface area is 122 Å². The van der Waals surface area contributed by atoms with Crippen molar-refractivity contribution >= 4 is 40.2 Å². The van der Waals surface area contributed by atoms with Crippen LogP contribution in [-0.4, -0.2) is 9.55 Å². The van der Waals surface area contributed by atoms with Gasteiger partial charge < -0.3 is 5.73 Å². The van der Waals surface area contributed by atoms with Crippen LogP contribution in [0.5, 0.6) is 0 Å². The van der Waals surface area contributed by atoms with Crippen molar-refractivity contribution in [2.24, 2.45) is 0 Å². The first-order valence-electron chi connectivity index (χ1n) is 5.56. The van der Waals surface area contributed by atoms with Crippen LogP contribution in [0.2, 0.25) is 10.0 Å². The first-order chi connectivity index (χ1) is 9.47. The summed E-state index contributed by atoms with van der Waals surface area (Å²) >= 11 is 11.8. The zero-order chi connectivity index (χ0) is 14.4. The Morgan fingerprint density at radius 3 is 2.55 bits per heavy atom. The second kappa shape index (κ2) is 4.61. The number of aromatic nitrogens is 2. The summed E-state index contributed by atoms with van der Waals surface area (Å²) in [7, 11) is 0. The van der Waals surface area contributed by atoms with E-state index in [9.17, 15) is 8.78 Å². The second-order valence-corrected chi connectivity index (χ2v) is 5.00.